The molecular weight excluding hydrogens is 243 g/mol. The average Bonchev–Trinajstić information content (AvgIpc) is 2.81. The highest BCUT2D eigenvalue weighted by atomic mass is 19.1. The molecule has 2 rings (SSSR count). The molecule has 3 nitrogen and oxygen atoms in total. The largest absolute Gasteiger partial charge is 0.392 e. The van der Waals surface area contributed by atoms with E-state index in [2.05, 4.69) is 17.1 Å². The Hall–Kier alpha value is -0.970. The van der Waals surface area contributed by atoms with Crippen LogP contribution in [-0.2, 0) is 0 Å². The molecule has 2 atom stereocenters. The van der Waals surface area contributed by atoms with Crippen LogP contribution in [0, 0.1) is 5.82 Å². The number of nitrogens with zero attached hydrogens (tertiary/aromatic N) is 1. The van der Waals surface area contributed by atoms with Gasteiger partial charge < -0.3 is 15.3 Å². The van der Waals surface area contributed by atoms with E-state index in [1.165, 1.54) is 12.1 Å². The molecule has 2 unspecified atom stereocenters. The average molecular weight is 266 g/mol. The summed E-state index contributed by atoms with van der Waals surface area (Å²) in [5.74, 6) is -0.193. The van der Waals surface area contributed by atoms with Gasteiger partial charge in [0.25, 0.3) is 0 Å². The predicted molar refractivity (Wildman–Crippen MR) is 74.5 cm³/mol. The first kappa shape index (κ1) is 14.4. The maximum absolute atomic E-state index is 13.0. The van der Waals surface area contributed by atoms with Crippen LogP contribution in [0.1, 0.15) is 31.4 Å². The molecule has 0 aromatic heterocycles. The second-order valence-electron chi connectivity index (χ2n) is 5.19. The molecule has 4 heteroatoms. The van der Waals surface area contributed by atoms with Crippen LogP contribution in [0.3, 0.4) is 0 Å². The molecule has 2 N–H and O–H groups in total. The molecule has 1 fully saturated rings. The molecule has 1 saturated heterocycles. The van der Waals surface area contributed by atoms with Gasteiger partial charge in [0.1, 0.15) is 5.82 Å². The molecule has 0 saturated carbocycles. The summed E-state index contributed by atoms with van der Waals surface area (Å²) < 4.78 is 13.0. The predicted octanol–water partition coefficient (Wildman–Crippen LogP) is 1.93. The molecular formula is C15H23FN2O. The van der Waals surface area contributed by atoms with Crippen molar-refractivity contribution < 1.29 is 9.50 Å². The Bertz CT molecular complexity index is 382. The zero-order valence-electron chi connectivity index (χ0n) is 11.5. The molecule has 1 aliphatic heterocycles. The molecule has 1 aromatic carbocycles. The summed E-state index contributed by atoms with van der Waals surface area (Å²) >= 11 is 0. The fourth-order valence-corrected chi connectivity index (χ4v) is 2.66. The van der Waals surface area contributed by atoms with Crippen LogP contribution in [-0.4, -0.2) is 42.3 Å². The van der Waals surface area contributed by atoms with Gasteiger partial charge >= 0.3 is 0 Å². The van der Waals surface area contributed by atoms with Gasteiger partial charge in [-0.25, -0.2) is 4.39 Å². The number of rotatable bonds is 6. The monoisotopic (exact) mass is 266 g/mol. The van der Waals surface area contributed by atoms with Gasteiger partial charge in [-0.05, 0) is 37.1 Å². The van der Waals surface area contributed by atoms with Crippen LogP contribution in [0.5, 0.6) is 0 Å². The number of benzene rings is 1. The Labute approximate surface area is 114 Å². The van der Waals surface area contributed by atoms with E-state index in [0.717, 1.165) is 44.6 Å². The summed E-state index contributed by atoms with van der Waals surface area (Å²) in [6, 6.07) is 6.98. The zero-order chi connectivity index (χ0) is 13.7. The molecule has 1 aliphatic rings. The number of likely N-dealkylation sites (tertiary alicyclic amines) is 1. The Morgan fingerprint density at radius 3 is 2.74 bits per heavy atom. The van der Waals surface area contributed by atoms with Gasteiger partial charge in [0.05, 0.1) is 6.10 Å². The van der Waals surface area contributed by atoms with E-state index in [1.807, 2.05) is 12.1 Å². The van der Waals surface area contributed by atoms with Gasteiger partial charge in [-0.15, -0.1) is 0 Å². The second kappa shape index (κ2) is 6.98. The first-order chi connectivity index (χ1) is 9.19. The fourth-order valence-electron chi connectivity index (χ4n) is 2.66. The number of aliphatic hydroxyl groups excluding tert-OH is 1. The molecule has 0 radical (unpaired) electrons. The highest BCUT2D eigenvalue weighted by molar-refractivity contribution is 5.20. The third-order valence-corrected chi connectivity index (χ3v) is 3.70. The van der Waals surface area contributed by atoms with Gasteiger partial charge in [-0.3, -0.25) is 0 Å². The topological polar surface area (TPSA) is 35.5 Å². The maximum atomic E-state index is 13.0. The second-order valence-corrected chi connectivity index (χ2v) is 5.19. The standard InChI is InChI=1S/C15H23FN2O/c1-2-17-15(12-3-5-13(16)6-4-12)8-10-18-9-7-14(19)11-18/h3-6,14-15,17,19H,2,7-11H2,1H3. The smallest absolute Gasteiger partial charge is 0.123 e. The van der Waals surface area contributed by atoms with Gasteiger partial charge in [0, 0.05) is 25.7 Å². The molecule has 19 heavy (non-hydrogen) atoms. The lowest BCUT2D eigenvalue weighted by Gasteiger charge is -2.22. The molecule has 0 amide bonds. The van der Waals surface area contributed by atoms with E-state index in [4.69, 9.17) is 0 Å². The zero-order valence-corrected chi connectivity index (χ0v) is 11.5. The first-order valence-corrected chi connectivity index (χ1v) is 7.08. The van der Waals surface area contributed by atoms with Gasteiger partial charge in [0.2, 0.25) is 0 Å². The molecule has 106 valence electrons. The minimum atomic E-state index is -0.193. The van der Waals surface area contributed by atoms with E-state index in [9.17, 15) is 9.50 Å². The van der Waals surface area contributed by atoms with Crippen molar-refractivity contribution in [1.29, 1.82) is 0 Å². The number of aliphatic hydroxyl groups is 1. The van der Waals surface area contributed by atoms with E-state index < -0.39 is 0 Å². The van der Waals surface area contributed by atoms with Crippen molar-refractivity contribution in [3.8, 4) is 0 Å². The summed E-state index contributed by atoms with van der Waals surface area (Å²) in [6.07, 6.45) is 1.69. The SMILES string of the molecule is CCNC(CCN1CCC(O)C1)c1ccc(F)cc1. The minimum Gasteiger partial charge on any atom is -0.392 e. The molecule has 0 spiro atoms. The Morgan fingerprint density at radius 2 is 2.16 bits per heavy atom. The van der Waals surface area contributed by atoms with Crippen LogP contribution in [0.2, 0.25) is 0 Å². The number of hydrogen-bond donors (Lipinski definition) is 2. The molecule has 1 aromatic rings. The normalized spacial score (nSPS) is 21.7. The van der Waals surface area contributed by atoms with Crippen molar-refractivity contribution in [2.45, 2.75) is 31.9 Å². The van der Waals surface area contributed by atoms with Gasteiger partial charge in [0.15, 0.2) is 0 Å². The van der Waals surface area contributed by atoms with Crippen molar-refractivity contribution in [2.24, 2.45) is 0 Å². The van der Waals surface area contributed by atoms with Crippen LogP contribution >= 0.6 is 0 Å². The summed E-state index contributed by atoms with van der Waals surface area (Å²) in [4.78, 5) is 2.29. The number of hydrogen-bond acceptors (Lipinski definition) is 3. The van der Waals surface area contributed by atoms with E-state index in [1.54, 1.807) is 0 Å². The third-order valence-electron chi connectivity index (χ3n) is 3.70. The Morgan fingerprint density at radius 1 is 1.42 bits per heavy atom. The van der Waals surface area contributed by atoms with E-state index >= 15 is 0 Å². The van der Waals surface area contributed by atoms with Crippen molar-refractivity contribution in [3.05, 3.63) is 35.6 Å². The first-order valence-electron chi connectivity index (χ1n) is 7.08. The van der Waals surface area contributed by atoms with Gasteiger partial charge in [-0.1, -0.05) is 19.1 Å². The minimum absolute atomic E-state index is 0.164. The summed E-state index contributed by atoms with van der Waals surface area (Å²) in [7, 11) is 0. The number of halogens is 1. The van der Waals surface area contributed by atoms with Crippen LogP contribution in [0.4, 0.5) is 4.39 Å². The quantitative estimate of drug-likeness (QED) is 0.826. The highest BCUT2D eigenvalue weighted by Gasteiger charge is 2.21. The van der Waals surface area contributed by atoms with Crippen molar-refractivity contribution >= 4 is 0 Å². The number of β-amino-alcohol motifs (C(OH)–C–C–N with tert-alkyl or cyclic N) is 1. The fraction of sp³-hybridized carbons (Fsp3) is 0.600. The highest BCUT2D eigenvalue weighted by Crippen LogP contribution is 2.19. The van der Waals surface area contributed by atoms with Crippen LogP contribution < -0.4 is 5.32 Å². The van der Waals surface area contributed by atoms with Crippen molar-refractivity contribution in [3.63, 3.8) is 0 Å². The van der Waals surface area contributed by atoms with E-state index in [0.29, 0.717) is 0 Å². The van der Waals surface area contributed by atoms with Crippen molar-refractivity contribution in [1.82, 2.24) is 10.2 Å². The number of nitrogens with one attached hydrogen (secondary N) is 1. The maximum Gasteiger partial charge on any atom is 0.123 e. The molecule has 1 heterocycles. The van der Waals surface area contributed by atoms with Crippen LogP contribution in [0.25, 0.3) is 0 Å². The molecule has 0 aliphatic carbocycles. The summed E-state index contributed by atoms with van der Waals surface area (Å²) in [6.45, 7) is 5.69. The Kier molecular flexibility index (Phi) is 5.31. The third kappa shape index (κ3) is 4.27. The van der Waals surface area contributed by atoms with E-state index in [-0.39, 0.29) is 18.0 Å². The lowest BCUT2D eigenvalue weighted by Crippen LogP contribution is -2.29. The van der Waals surface area contributed by atoms with Crippen LogP contribution in [0.15, 0.2) is 24.3 Å². The van der Waals surface area contributed by atoms with Gasteiger partial charge in [-0.2, -0.15) is 0 Å². The lowest BCUT2D eigenvalue weighted by molar-refractivity contribution is 0.174. The molecule has 0 bridgehead atoms. The summed E-state index contributed by atoms with van der Waals surface area (Å²) in [5, 5.41) is 13.0. The lowest BCUT2D eigenvalue weighted by atomic mass is 10.0. The Balaban J connectivity index is 1.90. The van der Waals surface area contributed by atoms with Crippen molar-refractivity contribution in [2.75, 3.05) is 26.2 Å². The summed E-state index contributed by atoms with van der Waals surface area (Å²) in [5.41, 5.74) is 1.13.